The summed E-state index contributed by atoms with van der Waals surface area (Å²) in [6.07, 6.45) is 0. The van der Waals surface area contributed by atoms with Gasteiger partial charge in [-0.1, -0.05) is 18.2 Å². The first-order valence-corrected chi connectivity index (χ1v) is 12.0. The number of carbonyl (C=O) groups excluding carboxylic acids is 1. The molecule has 1 saturated heterocycles. The van der Waals surface area contributed by atoms with E-state index >= 15 is 0 Å². The SMILES string of the molecule is O=C(COc1ccc(S(=O)(=O)Nc2ccc(F)cc2)cc1)N1CCN(c2ccccc2)CC1. The lowest BCUT2D eigenvalue weighted by atomic mass is 10.2. The standard InChI is InChI=1S/C24H24FN3O4S/c25-19-6-8-20(9-7-19)26-33(30,31)23-12-10-22(11-13-23)32-18-24(29)28-16-14-27(15-17-28)21-4-2-1-3-5-21/h1-13,26H,14-18H2. The molecule has 0 bridgehead atoms. The molecule has 0 aromatic heterocycles. The molecule has 1 aliphatic heterocycles. The quantitative estimate of drug-likeness (QED) is 0.574. The van der Waals surface area contributed by atoms with E-state index in [4.69, 9.17) is 4.74 Å². The number of ether oxygens (including phenoxy) is 1. The molecule has 33 heavy (non-hydrogen) atoms. The van der Waals surface area contributed by atoms with E-state index in [-0.39, 0.29) is 23.1 Å². The van der Waals surface area contributed by atoms with Gasteiger partial charge in [0.2, 0.25) is 0 Å². The van der Waals surface area contributed by atoms with Gasteiger partial charge in [0.25, 0.3) is 15.9 Å². The van der Waals surface area contributed by atoms with Gasteiger partial charge in [0, 0.05) is 37.6 Å². The molecule has 3 aromatic rings. The summed E-state index contributed by atoms with van der Waals surface area (Å²) in [7, 11) is -3.83. The number of halogens is 1. The Morgan fingerprint density at radius 2 is 1.52 bits per heavy atom. The molecule has 0 radical (unpaired) electrons. The Hall–Kier alpha value is -3.59. The largest absolute Gasteiger partial charge is 0.484 e. The van der Waals surface area contributed by atoms with Crippen molar-refractivity contribution in [1.29, 1.82) is 0 Å². The number of rotatable bonds is 7. The number of sulfonamides is 1. The summed E-state index contributed by atoms with van der Waals surface area (Å²) in [4.78, 5) is 16.6. The molecule has 0 aliphatic carbocycles. The molecule has 4 rings (SSSR count). The maximum absolute atomic E-state index is 13.0. The van der Waals surface area contributed by atoms with Crippen molar-refractivity contribution in [2.45, 2.75) is 4.90 Å². The first-order valence-electron chi connectivity index (χ1n) is 10.5. The van der Waals surface area contributed by atoms with E-state index in [2.05, 4.69) is 21.8 Å². The Labute approximate surface area is 192 Å². The fraction of sp³-hybridized carbons (Fsp3) is 0.208. The number of hydrogen-bond acceptors (Lipinski definition) is 5. The summed E-state index contributed by atoms with van der Waals surface area (Å²) in [5.74, 6) is -0.170. The van der Waals surface area contributed by atoms with Crippen LogP contribution in [0.25, 0.3) is 0 Å². The summed E-state index contributed by atoms with van der Waals surface area (Å²) in [6, 6.07) is 20.9. The molecule has 3 aromatic carbocycles. The van der Waals surface area contributed by atoms with E-state index in [1.807, 2.05) is 18.2 Å². The number of piperazine rings is 1. The lowest BCUT2D eigenvalue weighted by molar-refractivity contribution is -0.133. The zero-order chi connectivity index (χ0) is 23.3. The lowest BCUT2D eigenvalue weighted by Crippen LogP contribution is -2.50. The smallest absolute Gasteiger partial charge is 0.261 e. The van der Waals surface area contributed by atoms with Crippen molar-refractivity contribution in [3.05, 3.63) is 84.7 Å². The summed E-state index contributed by atoms with van der Waals surface area (Å²) >= 11 is 0. The van der Waals surface area contributed by atoms with Gasteiger partial charge in [0.15, 0.2) is 6.61 Å². The van der Waals surface area contributed by atoms with E-state index in [0.29, 0.717) is 18.8 Å². The van der Waals surface area contributed by atoms with Gasteiger partial charge in [-0.3, -0.25) is 9.52 Å². The number of para-hydroxylation sites is 1. The van der Waals surface area contributed by atoms with Crippen LogP contribution in [0.2, 0.25) is 0 Å². The fourth-order valence-electron chi connectivity index (χ4n) is 3.54. The van der Waals surface area contributed by atoms with E-state index in [1.54, 1.807) is 4.90 Å². The van der Waals surface area contributed by atoms with Gasteiger partial charge in [0.05, 0.1) is 4.90 Å². The van der Waals surface area contributed by atoms with Crippen LogP contribution in [0.4, 0.5) is 15.8 Å². The van der Waals surface area contributed by atoms with Crippen LogP contribution in [0, 0.1) is 5.82 Å². The monoisotopic (exact) mass is 469 g/mol. The average Bonchev–Trinajstić information content (AvgIpc) is 2.85. The molecule has 7 nitrogen and oxygen atoms in total. The predicted octanol–water partition coefficient (Wildman–Crippen LogP) is 3.35. The van der Waals surface area contributed by atoms with Crippen molar-refractivity contribution in [3.63, 3.8) is 0 Å². The number of nitrogens with zero attached hydrogens (tertiary/aromatic N) is 2. The Bertz CT molecular complexity index is 1180. The Kier molecular flexibility index (Phi) is 6.79. The third-order valence-corrected chi connectivity index (χ3v) is 6.74. The van der Waals surface area contributed by atoms with Gasteiger partial charge in [-0.05, 0) is 60.7 Å². The number of anilines is 2. The van der Waals surface area contributed by atoms with Crippen molar-refractivity contribution < 1.29 is 22.3 Å². The minimum absolute atomic E-state index is 0.0301. The molecule has 1 fully saturated rings. The van der Waals surface area contributed by atoms with E-state index < -0.39 is 15.8 Å². The van der Waals surface area contributed by atoms with Crippen LogP contribution in [0.5, 0.6) is 5.75 Å². The molecule has 172 valence electrons. The molecule has 1 heterocycles. The zero-order valence-corrected chi connectivity index (χ0v) is 18.7. The Morgan fingerprint density at radius 3 is 2.15 bits per heavy atom. The first kappa shape index (κ1) is 22.6. The maximum Gasteiger partial charge on any atom is 0.261 e. The summed E-state index contributed by atoms with van der Waals surface area (Å²) in [6.45, 7) is 2.62. The Morgan fingerprint density at radius 1 is 0.879 bits per heavy atom. The van der Waals surface area contributed by atoms with Gasteiger partial charge < -0.3 is 14.5 Å². The second kappa shape index (κ2) is 9.91. The van der Waals surface area contributed by atoms with Crippen molar-refractivity contribution >= 4 is 27.3 Å². The number of benzene rings is 3. The van der Waals surface area contributed by atoms with Crippen LogP contribution in [0.15, 0.2) is 83.8 Å². The molecule has 1 aliphatic rings. The molecule has 0 unspecified atom stereocenters. The van der Waals surface area contributed by atoms with Gasteiger partial charge in [0.1, 0.15) is 11.6 Å². The Balaban J connectivity index is 1.28. The third kappa shape index (κ3) is 5.81. The van der Waals surface area contributed by atoms with Gasteiger partial charge in [-0.15, -0.1) is 0 Å². The molecular formula is C24H24FN3O4S. The average molecular weight is 470 g/mol. The molecule has 1 amide bonds. The van der Waals surface area contributed by atoms with Crippen LogP contribution in [0.3, 0.4) is 0 Å². The van der Waals surface area contributed by atoms with E-state index in [0.717, 1.165) is 18.8 Å². The second-order valence-corrected chi connectivity index (χ2v) is 9.26. The first-order chi connectivity index (χ1) is 15.9. The fourth-order valence-corrected chi connectivity index (χ4v) is 4.59. The highest BCUT2D eigenvalue weighted by Gasteiger charge is 2.21. The number of amides is 1. The molecule has 9 heteroatoms. The lowest BCUT2D eigenvalue weighted by Gasteiger charge is -2.36. The summed E-state index contributed by atoms with van der Waals surface area (Å²) in [5, 5.41) is 0. The zero-order valence-electron chi connectivity index (χ0n) is 17.9. The van der Waals surface area contributed by atoms with Crippen LogP contribution in [0.1, 0.15) is 0 Å². The van der Waals surface area contributed by atoms with Crippen molar-refractivity contribution in [2.75, 3.05) is 42.4 Å². The number of nitrogens with one attached hydrogen (secondary N) is 1. The predicted molar refractivity (Wildman–Crippen MR) is 124 cm³/mol. The molecule has 0 saturated carbocycles. The second-order valence-electron chi connectivity index (χ2n) is 7.58. The summed E-state index contributed by atoms with van der Waals surface area (Å²) < 4.78 is 45.9. The molecule has 1 N–H and O–H groups in total. The van der Waals surface area contributed by atoms with E-state index in [1.165, 1.54) is 48.5 Å². The highest BCUT2D eigenvalue weighted by atomic mass is 32.2. The van der Waals surface area contributed by atoms with Gasteiger partial charge >= 0.3 is 0 Å². The van der Waals surface area contributed by atoms with Crippen LogP contribution in [-0.2, 0) is 14.8 Å². The minimum Gasteiger partial charge on any atom is -0.484 e. The molecular weight excluding hydrogens is 445 g/mol. The highest BCUT2D eigenvalue weighted by Crippen LogP contribution is 2.20. The normalized spacial score (nSPS) is 14.1. The summed E-state index contributed by atoms with van der Waals surface area (Å²) in [5.41, 5.74) is 1.40. The van der Waals surface area contributed by atoms with Crippen molar-refractivity contribution in [3.8, 4) is 5.75 Å². The van der Waals surface area contributed by atoms with Crippen molar-refractivity contribution in [1.82, 2.24) is 4.90 Å². The van der Waals surface area contributed by atoms with Crippen LogP contribution in [-0.4, -0.2) is 52.0 Å². The van der Waals surface area contributed by atoms with Gasteiger partial charge in [-0.25, -0.2) is 12.8 Å². The van der Waals surface area contributed by atoms with E-state index in [9.17, 15) is 17.6 Å². The highest BCUT2D eigenvalue weighted by molar-refractivity contribution is 7.92. The topological polar surface area (TPSA) is 78.9 Å². The van der Waals surface area contributed by atoms with Crippen LogP contribution < -0.4 is 14.4 Å². The molecule has 0 spiro atoms. The number of hydrogen-bond donors (Lipinski definition) is 1. The maximum atomic E-state index is 13.0. The van der Waals surface area contributed by atoms with Gasteiger partial charge in [-0.2, -0.15) is 0 Å². The minimum atomic E-state index is -3.83. The van der Waals surface area contributed by atoms with Crippen LogP contribution >= 0.6 is 0 Å². The van der Waals surface area contributed by atoms with Crippen molar-refractivity contribution in [2.24, 2.45) is 0 Å². The number of carbonyl (C=O) groups is 1. The molecule has 0 atom stereocenters. The third-order valence-electron chi connectivity index (χ3n) is 5.35.